The van der Waals surface area contributed by atoms with E-state index in [-0.39, 0.29) is 6.04 Å². The van der Waals surface area contributed by atoms with Gasteiger partial charge < -0.3 is 15.2 Å². The summed E-state index contributed by atoms with van der Waals surface area (Å²) in [5.74, 6) is 2.26. The van der Waals surface area contributed by atoms with Crippen LogP contribution in [0.2, 0.25) is 0 Å². The Bertz CT molecular complexity index is 389. The summed E-state index contributed by atoms with van der Waals surface area (Å²) in [4.78, 5) is 0. The van der Waals surface area contributed by atoms with Crippen molar-refractivity contribution < 1.29 is 9.47 Å². The lowest BCUT2D eigenvalue weighted by Gasteiger charge is -2.19. The van der Waals surface area contributed by atoms with Crippen molar-refractivity contribution in [1.82, 2.24) is 0 Å². The molecule has 1 aromatic rings. The molecule has 0 spiro atoms. The van der Waals surface area contributed by atoms with Crippen molar-refractivity contribution in [3.63, 3.8) is 0 Å². The first kappa shape index (κ1) is 16.8. The van der Waals surface area contributed by atoms with Crippen LogP contribution in [0.1, 0.15) is 45.6 Å². The Labute approximate surface area is 123 Å². The maximum absolute atomic E-state index is 6.08. The molecule has 1 unspecified atom stereocenters. The SMILES string of the molecule is CCC(N)Cc1cccc(OC)c1OCC(CC)CC. The molecule has 3 nitrogen and oxygen atoms in total. The van der Waals surface area contributed by atoms with Crippen LogP contribution in [-0.2, 0) is 6.42 Å². The molecule has 0 aliphatic rings. The zero-order valence-corrected chi connectivity index (χ0v) is 13.3. The van der Waals surface area contributed by atoms with Gasteiger partial charge in [-0.3, -0.25) is 0 Å². The van der Waals surface area contributed by atoms with E-state index in [2.05, 4.69) is 26.8 Å². The van der Waals surface area contributed by atoms with Crippen LogP contribution < -0.4 is 15.2 Å². The molecule has 1 aromatic carbocycles. The van der Waals surface area contributed by atoms with Crippen LogP contribution in [-0.4, -0.2) is 19.8 Å². The zero-order valence-electron chi connectivity index (χ0n) is 13.3. The van der Waals surface area contributed by atoms with Crippen LogP contribution in [0.4, 0.5) is 0 Å². The second-order valence-corrected chi connectivity index (χ2v) is 5.31. The number of ether oxygens (including phenoxy) is 2. The van der Waals surface area contributed by atoms with E-state index in [1.807, 2.05) is 12.1 Å². The van der Waals surface area contributed by atoms with Gasteiger partial charge in [0.05, 0.1) is 13.7 Å². The molecule has 0 aromatic heterocycles. The first-order valence-corrected chi connectivity index (χ1v) is 7.70. The van der Waals surface area contributed by atoms with Gasteiger partial charge in [-0.1, -0.05) is 45.7 Å². The van der Waals surface area contributed by atoms with Gasteiger partial charge >= 0.3 is 0 Å². The number of hydrogen-bond acceptors (Lipinski definition) is 3. The minimum absolute atomic E-state index is 0.164. The number of benzene rings is 1. The predicted octanol–water partition coefficient (Wildman–Crippen LogP) is 3.79. The van der Waals surface area contributed by atoms with Gasteiger partial charge in [0.2, 0.25) is 0 Å². The minimum Gasteiger partial charge on any atom is -0.493 e. The molecular weight excluding hydrogens is 250 g/mol. The first-order valence-electron chi connectivity index (χ1n) is 7.70. The van der Waals surface area contributed by atoms with E-state index in [1.165, 1.54) is 0 Å². The predicted molar refractivity (Wildman–Crippen MR) is 84.5 cm³/mol. The number of rotatable bonds is 9. The van der Waals surface area contributed by atoms with Gasteiger partial charge in [0.15, 0.2) is 11.5 Å². The highest BCUT2D eigenvalue weighted by atomic mass is 16.5. The Morgan fingerprint density at radius 3 is 2.35 bits per heavy atom. The van der Waals surface area contributed by atoms with Gasteiger partial charge in [0, 0.05) is 6.04 Å². The minimum atomic E-state index is 0.164. The average Bonchev–Trinajstić information content (AvgIpc) is 2.48. The van der Waals surface area contributed by atoms with Crippen molar-refractivity contribution in [2.75, 3.05) is 13.7 Å². The third-order valence-electron chi connectivity index (χ3n) is 3.90. The molecule has 0 saturated heterocycles. The number of nitrogens with two attached hydrogens (primary N) is 1. The number of para-hydroxylation sites is 1. The molecule has 0 bridgehead atoms. The zero-order chi connectivity index (χ0) is 15.0. The summed E-state index contributed by atoms with van der Waals surface area (Å²) >= 11 is 0. The number of methoxy groups -OCH3 is 1. The second-order valence-electron chi connectivity index (χ2n) is 5.31. The smallest absolute Gasteiger partial charge is 0.164 e. The highest BCUT2D eigenvalue weighted by Crippen LogP contribution is 2.32. The molecule has 20 heavy (non-hydrogen) atoms. The fraction of sp³-hybridized carbons (Fsp3) is 0.647. The Hall–Kier alpha value is -1.22. The van der Waals surface area contributed by atoms with E-state index in [1.54, 1.807) is 7.11 Å². The van der Waals surface area contributed by atoms with Crippen molar-refractivity contribution >= 4 is 0 Å². The Balaban J connectivity index is 2.88. The van der Waals surface area contributed by atoms with Crippen molar-refractivity contribution in [1.29, 1.82) is 0 Å². The van der Waals surface area contributed by atoms with E-state index < -0.39 is 0 Å². The first-order chi connectivity index (χ1) is 9.65. The van der Waals surface area contributed by atoms with Gasteiger partial charge in [0.25, 0.3) is 0 Å². The summed E-state index contributed by atoms with van der Waals surface area (Å²) in [6.45, 7) is 7.25. The summed E-state index contributed by atoms with van der Waals surface area (Å²) in [7, 11) is 1.68. The topological polar surface area (TPSA) is 44.5 Å². The van der Waals surface area contributed by atoms with Crippen LogP contribution in [0.3, 0.4) is 0 Å². The summed E-state index contributed by atoms with van der Waals surface area (Å²) < 4.78 is 11.5. The molecule has 2 N–H and O–H groups in total. The summed E-state index contributed by atoms with van der Waals surface area (Å²) in [6, 6.07) is 6.20. The quantitative estimate of drug-likeness (QED) is 0.748. The Morgan fingerprint density at radius 2 is 1.80 bits per heavy atom. The van der Waals surface area contributed by atoms with Crippen molar-refractivity contribution in [2.24, 2.45) is 11.7 Å². The summed E-state index contributed by atoms with van der Waals surface area (Å²) in [6.07, 6.45) is 4.06. The molecule has 1 rings (SSSR count). The van der Waals surface area contributed by atoms with Gasteiger partial charge in [-0.2, -0.15) is 0 Å². The molecular formula is C17H29NO2. The van der Waals surface area contributed by atoms with Gasteiger partial charge in [-0.05, 0) is 30.4 Å². The normalized spacial score (nSPS) is 12.5. The number of hydrogen-bond donors (Lipinski definition) is 1. The molecule has 0 amide bonds. The van der Waals surface area contributed by atoms with Gasteiger partial charge in [-0.15, -0.1) is 0 Å². The second kappa shape index (κ2) is 8.85. The van der Waals surface area contributed by atoms with Crippen molar-refractivity contribution in [3.05, 3.63) is 23.8 Å². The lowest BCUT2D eigenvalue weighted by atomic mass is 10.0. The van der Waals surface area contributed by atoms with Crippen molar-refractivity contribution in [2.45, 2.75) is 52.5 Å². The average molecular weight is 279 g/mol. The summed E-state index contributed by atoms with van der Waals surface area (Å²) in [5.41, 5.74) is 7.22. The Kier molecular flexibility index (Phi) is 7.45. The van der Waals surface area contributed by atoms with Crippen LogP contribution in [0.25, 0.3) is 0 Å². The molecule has 114 valence electrons. The van der Waals surface area contributed by atoms with Crippen molar-refractivity contribution in [3.8, 4) is 11.5 Å². The fourth-order valence-electron chi connectivity index (χ4n) is 2.20. The fourth-order valence-corrected chi connectivity index (χ4v) is 2.20. The molecule has 3 heteroatoms. The molecule has 0 radical (unpaired) electrons. The monoisotopic (exact) mass is 279 g/mol. The molecule has 0 aliphatic carbocycles. The highest BCUT2D eigenvalue weighted by Gasteiger charge is 2.14. The van der Waals surface area contributed by atoms with Gasteiger partial charge in [0.1, 0.15) is 0 Å². The third-order valence-corrected chi connectivity index (χ3v) is 3.90. The molecule has 0 heterocycles. The lowest BCUT2D eigenvalue weighted by Crippen LogP contribution is -2.22. The van der Waals surface area contributed by atoms with E-state index in [0.717, 1.165) is 49.4 Å². The van der Waals surface area contributed by atoms with E-state index in [0.29, 0.717) is 5.92 Å². The van der Waals surface area contributed by atoms with Crippen LogP contribution in [0, 0.1) is 5.92 Å². The largest absolute Gasteiger partial charge is 0.493 e. The van der Waals surface area contributed by atoms with Gasteiger partial charge in [-0.25, -0.2) is 0 Å². The van der Waals surface area contributed by atoms with E-state index >= 15 is 0 Å². The van der Waals surface area contributed by atoms with Crippen LogP contribution in [0.15, 0.2) is 18.2 Å². The molecule has 1 atom stereocenters. The summed E-state index contributed by atoms with van der Waals surface area (Å²) in [5, 5.41) is 0. The highest BCUT2D eigenvalue weighted by molar-refractivity contribution is 5.47. The maximum atomic E-state index is 6.08. The van der Waals surface area contributed by atoms with E-state index in [4.69, 9.17) is 15.2 Å². The lowest BCUT2D eigenvalue weighted by molar-refractivity contribution is 0.228. The standard InChI is InChI=1S/C17H29NO2/c1-5-13(6-2)12-20-17-14(11-15(18)7-3)9-8-10-16(17)19-4/h8-10,13,15H,5-7,11-12,18H2,1-4H3. The molecule has 0 saturated carbocycles. The van der Waals surface area contributed by atoms with Crippen LogP contribution >= 0.6 is 0 Å². The third kappa shape index (κ3) is 4.71. The maximum Gasteiger partial charge on any atom is 0.164 e. The molecule has 0 aliphatic heterocycles. The molecule has 0 fully saturated rings. The van der Waals surface area contributed by atoms with E-state index in [9.17, 15) is 0 Å². The van der Waals surface area contributed by atoms with Crippen LogP contribution in [0.5, 0.6) is 11.5 Å². The Morgan fingerprint density at radius 1 is 1.10 bits per heavy atom.